The molecule has 3 aromatic rings. The van der Waals surface area contributed by atoms with Crippen molar-refractivity contribution in [2.24, 2.45) is 10.7 Å². The van der Waals surface area contributed by atoms with Crippen LogP contribution >= 0.6 is 0 Å². The topological polar surface area (TPSA) is 100 Å². The molecule has 0 bridgehead atoms. The van der Waals surface area contributed by atoms with Crippen LogP contribution in [0.2, 0.25) is 0 Å². The third-order valence-corrected chi connectivity index (χ3v) is 5.17. The van der Waals surface area contributed by atoms with Crippen molar-refractivity contribution in [1.82, 2.24) is 15.3 Å². The Balaban J connectivity index is 0.00000120. The average Bonchev–Trinajstić information content (AvgIpc) is 2.87. The van der Waals surface area contributed by atoms with Crippen LogP contribution in [-0.2, 0) is 6.42 Å². The third-order valence-electron chi connectivity index (χ3n) is 5.17. The summed E-state index contributed by atoms with van der Waals surface area (Å²) in [5, 5.41) is 10.4. The Morgan fingerprint density at radius 1 is 1.18 bits per heavy atom. The molecular formula is C26H39N7. The van der Waals surface area contributed by atoms with Gasteiger partial charge in [0.15, 0.2) is 0 Å². The predicted octanol–water partition coefficient (Wildman–Crippen LogP) is 4.25. The maximum Gasteiger partial charge on any atom is 0.149 e. The molecule has 1 aliphatic heterocycles. The largest absolute Gasteiger partial charge is 0.404 e. The van der Waals surface area contributed by atoms with E-state index in [0.717, 1.165) is 54.4 Å². The van der Waals surface area contributed by atoms with Gasteiger partial charge in [-0.05, 0) is 37.6 Å². The maximum absolute atomic E-state index is 5.68. The fourth-order valence-corrected chi connectivity index (χ4v) is 3.37. The lowest BCUT2D eigenvalue weighted by Crippen LogP contribution is -2.42. The molecule has 178 valence electrons. The normalized spacial score (nSPS) is 15.1. The Hall–Kier alpha value is -3.71. The van der Waals surface area contributed by atoms with Crippen LogP contribution in [0.15, 0.2) is 78.2 Å². The van der Waals surface area contributed by atoms with E-state index in [0.29, 0.717) is 0 Å². The van der Waals surface area contributed by atoms with Gasteiger partial charge in [0, 0.05) is 66.1 Å². The minimum Gasteiger partial charge on any atom is -0.404 e. The molecule has 1 atom stereocenters. The highest BCUT2D eigenvalue weighted by Gasteiger charge is 2.18. The molecule has 7 nitrogen and oxygen atoms in total. The van der Waals surface area contributed by atoms with Crippen molar-refractivity contribution in [2.75, 3.05) is 37.3 Å². The van der Waals surface area contributed by atoms with Gasteiger partial charge in [0.2, 0.25) is 0 Å². The van der Waals surface area contributed by atoms with E-state index in [1.165, 1.54) is 5.56 Å². The van der Waals surface area contributed by atoms with E-state index in [2.05, 4.69) is 43.0 Å². The van der Waals surface area contributed by atoms with E-state index in [1.54, 1.807) is 19.5 Å². The second-order valence-electron chi connectivity index (χ2n) is 7.77. The lowest BCUT2D eigenvalue weighted by Gasteiger charge is -2.28. The lowest BCUT2D eigenvalue weighted by molar-refractivity contribution is 0.609. The minimum atomic E-state index is 0. The first kappa shape index (κ1) is 23.9. The zero-order chi connectivity index (χ0) is 23.3. The molecule has 1 aliphatic rings. The first-order chi connectivity index (χ1) is 16.2. The molecule has 0 radical (unpaired) electrons. The SMILES string of the molecule is CN=C/C(=C\N)c1cnc2c(c1)NC[C@H](CNCCc1ccc(C)nc1)N2.[HH].[HH].[HH].c1ccccc1. The summed E-state index contributed by atoms with van der Waals surface area (Å²) in [7, 11) is 1.72. The van der Waals surface area contributed by atoms with Crippen LogP contribution < -0.4 is 21.7 Å². The van der Waals surface area contributed by atoms with Gasteiger partial charge in [-0.25, -0.2) is 4.98 Å². The fraction of sp³-hybridized carbons (Fsp3) is 0.269. The smallest absolute Gasteiger partial charge is 0.149 e. The second-order valence-corrected chi connectivity index (χ2v) is 7.77. The fourth-order valence-electron chi connectivity index (χ4n) is 3.37. The molecule has 0 saturated carbocycles. The summed E-state index contributed by atoms with van der Waals surface area (Å²) in [5.41, 5.74) is 10.8. The van der Waals surface area contributed by atoms with Crippen molar-refractivity contribution in [2.45, 2.75) is 19.4 Å². The van der Waals surface area contributed by atoms with Crippen LogP contribution in [0.4, 0.5) is 11.5 Å². The number of nitrogens with zero attached hydrogens (tertiary/aromatic N) is 3. The number of fused-ring (bicyclic) bond motifs is 1. The quantitative estimate of drug-likeness (QED) is 0.318. The minimum absolute atomic E-state index is 0. The van der Waals surface area contributed by atoms with Crippen molar-refractivity contribution in [3.05, 3.63) is 90.0 Å². The molecular weight excluding hydrogens is 410 g/mol. The monoisotopic (exact) mass is 449 g/mol. The average molecular weight is 450 g/mol. The number of hydrogen-bond donors (Lipinski definition) is 4. The summed E-state index contributed by atoms with van der Waals surface area (Å²) in [6.07, 6.45) is 8.01. The number of nitrogens with two attached hydrogens (primary N) is 1. The van der Waals surface area contributed by atoms with Gasteiger partial charge in [0.05, 0.1) is 11.7 Å². The molecule has 5 N–H and O–H groups in total. The van der Waals surface area contributed by atoms with Gasteiger partial charge in [-0.1, -0.05) is 42.5 Å². The van der Waals surface area contributed by atoms with E-state index < -0.39 is 0 Å². The first-order valence-corrected chi connectivity index (χ1v) is 11.2. The molecule has 0 unspecified atom stereocenters. The van der Waals surface area contributed by atoms with Crippen molar-refractivity contribution in [3.8, 4) is 0 Å². The number of aliphatic imine (C=N–C) groups is 1. The van der Waals surface area contributed by atoms with Crippen LogP contribution in [0.5, 0.6) is 0 Å². The van der Waals surface area contributed by atoms with E-state index in [-0.39, 0.29) is 10.3 Å². The summed E-state index contributed by atoms with van der Waals surface area (Å²) in [5.74, 6) is 0.865. The number of anilines is 2. The number of rotatable bonds is 7. The Morgan fingerprint density at radius 2 is 1.94 bits per heavy atom. The molecule has 2 aromatic heterocycles. The first-order valence-electron chi connectivity index (χ1n) is 11.2. The number of aryl methyl sites for hydroxylation is 1. The van der Waals surface area contributed by atoms with Crippen molar-refractivity contribution in [1.29, 1.82) is 0 Å². The molecule has 0 saturated heterocycles. The Bertz CT molecular complexity index is 1020. The highest BCUT2D eigenvalue weighted by molar-refractivity contribution is 6.09. The molecule has 0 spiro atoms. The third kappa shape index (κ3) is 7.73. The van der Waals surface area contributed by atoms with Gasteiger partial charge in [-0.15, -0.1) is 0 Å². The van der Waals surface area contributed by atoms with Gasteiger partial charge in [-0.3, -0.25) is 9.98 Å². The molecule has 0 fully saturated rings. The lowest BCUT2D eigenvalue weighted by atomic mass is 10.1. The number of pyridine rings is 2. The van der Waals surface area contributed by atoms with E-state index in [4.69, 9.17) is 5.73 Å². The summed E-state index contributed by atoms with van der Waals surface area (Å²) < 4.78 is 0. The molecule has 1 aromatic carbocycles. The van der Waals surface area contributed by atoms with E-state index >= 15 is 0 Å². The number of nitrogens with one attached hydrogen (secondary N) is 3. The maximum atomic E-state index is 5.68. The number of aromatic nitrogens is 2. The zero-order valence-corrected chi connectivity index (χ0v) is 19.3. The Labute approximate surface area is 200 Å². The van der Waals surface area contributed by atoms with Gasteiger partial charge in [0.1, 0.15) is 5.82 Å². The molecule has 33 heavy (non-hydrogen) atoms. The highest BCUT2D eigenvalue weighted by atomic mass is 15.1. The zero-order valence-electron chi connectivity index (χ0n) is 19.3. The van der Waals surface area contributed by atoms with Gasteiger partial charge in [0.25, 0.3) is 0 Å². The Kier molecular flexibility index (Phi) is 9.42. The van der Waals surface area contributed by atoms with Crippen molar-refractivity contribution < 1.29 is 4.28 Å². The number of allylic oxidation sites excluding steroid dienone is 1. The summed E-state index contributed by atoms with van der Waals surface area (Å²) in [4.78, 5) is 12.9. The van der Waals surface area contributed by atoms with Crippen molar-refractivity contribution >= 4 is 23.3 Å². The van der Waals surface area contributed by atoms with E-state index in [9.17, 15) is 0 Å². The predicted molar refractivity (Wildman–Crippen MR) is 145 cm³/mol. The Morgan fingerprint density at radius 3 is 2.58 bits per heavy atom. The number of hydrogen-bond acceptors (Lipinski definition) is 7. The van der Waals surface area contributed by atoms with Gasteiger partial charge in [-0.2, -0.15) is 0 Å². The molecule has 7 heteroatoms. The van der Waals surface area contributed by atoms with Crippen LogP contribution in [0.1, 0.15) is 21.1 Å². The van der Waals surface area contributed by atoms with Crippen LogP contribution in [0.25, 0.3) is 5.57 Å². The van der Waals surface area contributed by atoms with Crippen LogP contribution in [0, 0.1) is 6.92 Å². The molecule has 0 amide bonds. The van der Waals surface area contributed by atoms with Gasteiger partial charge < -0.3 is 21.7 Å². The van der Waals surface area contributed by atoms with Crippen molar-refractivity contribution in [3.63, 3.8) is 0 Å². The highest BCUT2D eigenvalue weighted by Crippen LogP contribution is 2.26. The molecule has 3 heterocycles. The van der Waals surface area contributed by atoms with E-state index in [1.807, 2.05) is 61.8 Å². The van der Waals surface area contributed by atoms with Crippen LogP contribution in [-0.4, -0.2) is 48.9 Å². The second kappa shape index (κ2) is 13.0. The standard InChI is InChI=1S/C20H27N7.C6H6.3H2/c1-14-3-4-15(9-24-14)5-6-23-12-18-13-25-19-7-16(11-26-20(19)27-18)17(8-21)10-22-2;1-2-4-6-5-3-1;;;/h3-4,7-11,18,23,25H,5-6,12-13,21H2,1-2H3,(H,26,27);1-6H;3*1H/b17-8+,22-10?;;;;/t18-;;;;/m0..../s1. The van der Waals surface area contributed by atoms with Gasteiger partial charge >= 0.3 is 0 Å². The summed E-state index contributed by atoms with van der Waals surface area (Å²) >= 11 is 0. The van der Waals surface area contributed by atoms with Crippen LogP contribution in [0.3, 0.4) is 0 Å². The summed E-state index contributed by atoms with van der Waals surface area (Å²) in [6.45, 7) is 4.62. The number of benzene rings is 1. The molecule has 4 rings (SSSR count). The summed E-state index contributed by atoms with van der Waals surface area (Å²) in [6, 6.07) is 18.5. The molecule has 0 aliphatic carbocycles.